The van der Waals surface area contributed by atoms with Gasteiger partial charge in [0.25, 0.3) is 0 Å². The van der Waals surface area contributed by atoms with Crippen LogP contribution < -0.4 is 0 Å². The second-order valence-electron chi connectivity index (χ2n) is 4.34. The Hall–Kier alpha value is -1.42. The molecule has 0 aromatic heterocycles. The van der Waals surface area contributed by atoms with Crippen LogP contribution in [0.1, 0.15) is 19.4 Å². The van der Waals surface area contributed by atoms with Crippen LogP contribution in [0.15, 0.2) is 24.3 Å². The molecular formula is C13H18FNO2. The Morgan fingerprint density at radius 1 is 1.35 bits per heavy atom. The molecule has 0 amide bonds. The Morgan fingerprint density at radius 3 is 2.47 bits per heavy atom. The summed E-state index contributed by atoms with van der Waals surface area (Å²) in [5, 5.41) is 0. The molecule has 0 heterocycles. The minimum atomic E-state index is -0.254. The molecule has 0 unspecified atom stereocenters. The van der Waals surface area contributed by atoms with Gasteiger partial charge >= 0.3 is 5.97 Å². The third-order valence-electron chi connectivity index (χ3n) is 2.13. The first-order valence-electron chi connectivity index (χ1n) is 5.60. The number of halogens is 1. The van der Waals surface area contributed by atoms with Crippen molar-refractivity contribution in [2.45, 2.75) is 26.5 Å². The number of carbonyl (C=O) groups is 1. The van der Waals surface area contributed by atoms with Crippen LogP contribution in [0, 0.1) is 5.82 Å². The fraction of sp³-hybridized carbons (Fsp3) is 0.462. The van der Waals surface area contributed by atoms with Crippen LogP contribution in [0.2, 0.25) is 0 Å². The first kappa shape index (κ1) is 13.6. The first-order chi connectivity index (χ1) is 7.97. The first-order valence-corrected chi connectivity index (χ1v) is 5.60. The smallest absolute Gasteiger partial charge is 0.320 e. The highest BCUT2D eigenvalue weighted by molar-refractivity contribution is 5.71. The van der Waals surface area contributed by atoms with Crippen LogP contribution in [0.25, 0.3) is 0 Å². The highest BCUT2D eigenvalue weighted by Crippen LogP contribution is 2.05. The molecule has 0 spiro atoms. The Balaban J connectivity index is 2.41. The Labute approximate surface area is 101 Å². The molecule has 1 rings (SSSR count). The molecule has 0 saturated carbocycles. The lowest BCUT2D eigenvalue weighted by molar-refractivity contribution is -0.148. The van der Waals surface area contributed by atoms with E-state index in [0.717, 1.165) is 5.56 Å². The Bertz CT molecular complexity index is 362. The summed E-state index contributed by atoms with van der Waals surface area (Å²) in [6.07, 6.45) is -0.0956. The van der Waals surface area contributed by atoms with Crippen LogP contribution >= 0.6 is 0 Å². The molecule has 0 aliphatic rings. The van der Waals surface area contributed by atoms with E-state index in [1.54, 1.807) is 12.1 Å². The Morgan fingerprint density at radius 2 is 1.94 bits per heavy atom. The standard InChI is InChI=1S/C13H18FNO2/c1-10(2)17-13(16)9-15(3)8-11-4-6-12(14)7-5-11/h4-7,10H,8-9H2,1-3H3. The van der Waals surface area contributed by atoms with E-state index in [1.807, 2.05) is 25.8 Å². The summed E-state index contributed by atoms with van der Waals surface area (Å²) in [5.41, 5.74) is 0.964. The van der Waals surface area contributed by atoms with Gasteiger partial charge in [-0.3, -0.25) is 9.69 Å². The summed E-state index contributed by atoms with van der Waals surface area (Å²) in [7, 11) is 1.82. The topological polar surface area (TPSA) is 29.5 Å². The number of esters is 1. The third kappa shape index (κ3) is 5.45. The van der Waals surface area contributed by atoms with E-state index in [9.17, 15) is 9.18 Å². The molecule has 0 fully saturated rings. The minimum absolute atomic E-state index is 0.0956. The predicted molar refractivity (Wildman–Crippen MR) is 64.0 cm³/mol. The molecule has 1 aromatic rings. The van der Waals surface area contributed by atoms with Gasteiger partial charge in [0.1, 0.15) is 5.82 Å². The molecule has 17 heavy (non-hydrogen) atoms. The zero-order chi connectivity index (χ0) is 12.8. The van der Waals surface area contributed by atoms with Gasteiger partial charge < -0.3 is 4.74 Å². The van der Waals surface area contributed by atoms with Gasteiger partial charge in [-0.25, -0.2) is 4.39 Å². The third-order valence-corrected chi connectivity index (χ3v) is 2.13. The summed E-state index contributed by atoms with van der Waals surface area (Å²) < 4.78 is 17.7. The largest absolute Gasteiger partial charge is 0.462 e. The van der Waals surface area contributed by atoms with E-state index in [4.69, 9.17) is 4.74 Å². The van der Waals surface area contributed by atoms with Gasteiger partial charge in [0.15, 0.2) is 0 Å². The molecule has 0 bridgehead atoms. The van der Waals surface area contributed by atoms with Gasteiger partial charge in [-0.15, -0.1) is 0 Å². The van der Waals surface area contributed by atoms with Crippen LogP contribution in [-0.4, -0.2) is 30.6 Å². The maximum Gasteiger partial charge on any atom is 0.320 e. The second kappa shape index (κ2) is 6.35. The van der Waals surface area contributed by atoms with Gasteiger partial charge in [0, 0.05) is 6.54 Å². The van der Waals surface area contributed by atoms with Gasteiger partial charge in [-0.05, 0) is 38.6 Å². The summed E-state index contributed by atoms with van der Waals surface area (Å²) >= 11 is 0. The number of benzene rings is 1. The lowest BCUT2D eigenvalue weighted by Crippen LogP contribution is -2.28. The Kier molecular flexibility index (Phi) is 5.10. The van der Waals surface area contributed by atoms with E-state index >= 15 is 0 Å². The highest BCUT2D eigenvalue weighted by Gasteiger charge is 2.09. The average molecular weight is 239 g/mol. The summed E-state index contributed by atoms with van der Waals surface area (Å²) in [5.74, 6) is -0.500. The molecular weight excluding hydrogens is 221 g/mol. The van der Waals surface area contributed by atoms with Crippen LogP contribution in [0.3, 0.4) is 0 Å². The number of nitrogens with zero attached hydrogens (tertiary/aromatic N) is 1. The molecule has 0 N–H and O–H groups in total. The molecule has 4 heteroatoms. The van der Waals surface area contributed by atoms with Crippen LogP contribution in [0.5, 0.6) is 0 Å². The van der Waals surface area contributed by atoms with Crippen molar-refractivity contribution >= 4 is 5.97 Å². The average Bonchev–Trinajstić information content (AvgIpc) is 2.19. The monoisotopic (exact) mass is 239 g/mol. The van der Waals surface area contributed by atoms with Crippen molar-refractivity contribution in [3.8, 4) is 0 Å². The number of hydrogen-bond acceptors (Lipinski definition) is 3. The molecule has 0 aliphatic heterocycles. The van der Waals surface area contributed by atoms with Crippen molar-refractivity contribution in [1.82, 2.24) is 4.90 Å². The number of likely N-dealkylation sites (N-methyl/N-ethyl adjacent to an activating group) is 1. The maximum atomic E-state index is 12.7. The van der Waals surface area contributed by atoms with Crippen molar-refractivity contribution in [3.63, 3.8) is 0 Å². The van der Waals surface area contributed by atoms with Gasteiger partial charge in [0.2, 0.25) is 0 Å². The molecule has 0 saturated heterocycles. The second-order valence-corrected chi connectivity index (χ2v) is 4.34. The fourth-order valence-corrected chi connectivity index (χ4v) is 1.48. The lowest BCUT2D eigenvalue weighted by Gasteiger charge is -2.16. The zero-order valence-electron chi connectivity index (χ0n) is 10.4. The fourth-order valence-electron chi connectivity index (χ4n) is 1.48. The number of carbonyl (C=O) groups excluding carboxylic acids is 1. The van der Waals surface area contributed by atoms with E-state index in [-0.39, 0.29) is 24.4 Å². The van der Waals surface area contributed by atoms with E-state index in [1.165, 1.54) is 12.1 Å². The summed E-state index contributed by atoms with van der Waals surface area (Å²) in [6.45, 7) is 4.46. The van der Waals surface area contributed by atoms with Crippen LogP contribution in [-0.2, 0) is 16.1 Å². The molecule has 0 atom stereocenters. The molecule has 94 valence electrons. The maximum absolute atomic E-state index is 12.7. The zero-order valence-corrected chi connectivity index (χ0v) is 10.4. The number of ether oxygens (including phenoxy) is 1. The van der Waals surface area contributed by atoms with Crippen LogP contribution in [0.4, 0.5) is 4.39 Å². The highest BCUT2D eigenvalue weighted by atomic mass is 19.1. The van der Waals surface area contributed by atoms with Crippen molar-refractivity contribution < 1.29 is 13.9 Å². The minimum Gasteiger partial charge on any atom is -0.462 e. The van der Waals surface area contributed by atoms with Crippen molar-refractivity contribution in [2.75, 3.05) is 13.6 Å². The number of rotatable bonds is 5. The molecule has 0 aliphatic carbocycles. The lowest BCUT2D eigenvalue weighted by atomic mass is 10.2. The van der Waals surface area contributed by atoms with Crippen molar-refractivity contribution in [1.29, 1.82) is 0 Å². The number of hydrogen-bond donors (Lipinski definition) is 0. The van der Waals surface area contributed by atoms with E-state index in [2.05, 4.69) is 0 Å². The predicted octanol–water partition coefficient (Wildman–Crippen LogP) is 2.21. The van der Waals surface area contributed by atoms with Crippen molar-refractivity contribution in [3.05, 3.63) is 35.6 Å². The molecule has 3 nitrogen and oxygen atoms in total. The van der Waals surface area contributed by atoms with Gasteiger partial charge in [-0.1, -0.05) is 12.1 Å². The van der Waals surface area contributed by atoms with Gasteiger partial charge in [0.05, 0.1) is 12.6 Å². The van der Waals surface area contributed by atoms with E-state index in [0.29, 0.717) is 6.54 Å². The quantitative estimate of drug-likeness (QED) is 0.738. The van der Waals surface area contributed by atoms with Gasteiger partial charge in [-0.2, -0.15) is 0 Å². The SMILES string of the molecule is CC(C)OC(=O)CN(C)Cc1ccc(F)cc1. The van der Waals surface area contributed by atoms with Crippen molar-refractivity contribution in [2.24, 2.45) is 0 Å². The normalized spacial score (nSPS) is 10.9. The molecule has 1 aromatic carbocycles. The van der Waals surface area contributed by atoms with E-state index < -0.39 is 0 Å². The molecule has 0 radical (unpaired) electrons. The summed E-state index contributed by atoms with van der Waals surface area (Å²) in [4.78, 5) is 13.2. The summed E-state index contributed by atoms with van der Waals surface area (Å²) in [6, 6.07) is 6.24.